The maximum absolute atomic E-state index is 11.3. The van der Waals surface area contributed by atoms with E-state index in [9.17, 15) is 4.79 Å². The number of hydrogen-bond acceptors (Lipinski definition) is 3. The number of rotatable bonds is 5. The first-order valence-corrected chi connectivity index (χ1v) is 6.88. The molecule has 4 nitrogen and oxygen atoms in total. The van der Waals surface area contributed by atoms with Gasteiger partial charge in [0.25, 0.3) is 0 Å². The fourth-order valence-corrected chi connectivity index (χ4v) is 2.44. The van der Waals surface area contributed by atoms with Crippen molar-refractivity contribution < 1.29 is 9.90 Å². The molecule has 1 aliphatic carbocycles. The average Bonchev–Trinajstić information content (AvgIpc) is 2.30. The number of amides is 1. The third kappa shape index (κ3) is 6.03. The fourth-order valence-electron chi connectivity index (χ4n) is 2.44. The minimum Gasteiger partial charge on any atom is -0.394 e. The number of aliphatic hydroxyl groups is 1. The van der Waals surface area contributed by atoms with Crippen LogP contribution < -0.4 is 11.1 Å². The number of nitrogens with two attached hydrogens (primary N) is 1. The molecule has 0 unspecified atom stereocenters. The first-order chi connectivity index (χ1) is 8.24. The summed E-state index contributed by atoms with van der Waals surface area (Å²) in [6.45, 7) is 0.409. The standard InChI is InChI=1S/C13H26N2O2/c14-12(10-16)13(17)15-9-8-11-6-4-2-1-3-5-7-11/h11-12,16H,1-10,14H2,(H,15,17)/t12-/m1/s1. The van der Waals surface area contributed by atoms with Crippen molar-refractivity contribution in [3.8, 4) is 0 Å². The molecule has 0 heterocycles. The van der Waals surface area contributed by atoms with Gasteiger partial charge >= 0.3 is 0 Å². The van der Waals surface area contributed by atoms with Crippen molar-refractivity contribution in [2.24, 2.45) is 11.7 Å². The normalized spacial score (nSPS) is 20.4. The topological polar surface area (TPSA) is 75.3 Å². The first kappa shape index (κ1) is 14.5. The van der Waals surface area contributed by atoms with Crippen LogP contribution in [0.4, 0.5) is 0 Å². The van der Waals surface area contributed by atoms with Crippen molar-refractivity contribution in [3.05, 3.63) is 0 Å². The summed E-state index contributed by atoms with van der Waals surface area (Å²) in [7, 11) is 0. The number of hydrogen-bond donors (Lipinski definition) is 3. The Bertz CT molecular complexity index is 213. The van der Waals surface area contributed by atoms with Gasteiger partial charge in [0.05, 0.1) is 6.61 Å². The molecule has 0 aliphatic heterocycles. The molecule has 100 valence electrons. The molecule has 4 N–H and O–H groups in total. The molecule has 0 aromatic carbocycles. The van der Waals surface area contributed by atoms with Gasteiger partial charge in [0.2, 0.25) is 5.91 Å². The lowest BCUT2D eigenvalue weighted by molar-refractivity contribution is -0.123. The smallest absolute Gasteiger partial charge is 0.239 e. The summed E-state index contributed by atoms with van der Waals surface area (Å²) in [6.07, 6.45) is 10.4. The minimum absolute atomic E-state index is 0.238. The van der Waals surface area contributed by atoms with E-state index in [-0.39, 0.29) is 12.5 Å². The van der Waals surface area contributed by atoms with E-state index >= 15 is 0 Å². The van der Waals surface area contributed by atoms with Gasteiger partial charge in [-0.1, -0.05) is 44.9 Å². The van der Waals surface area contributed by atoms with Gasteiger partial charge in [-0.05, 0) is 12.3 Å². The molecule has 17 heavy (non-hydrogen) atoms. The molecule has 0 radical (unpaired) electrons. The Balaban J connectivity index is 2.13. The molecule has 0 bridgehead atoms. The van der Waals surface area contributed by atoms with Crippen LogP contribution in [0.25, 0.3) is 0 Å². The summed E-state index contributed by atoms with van der Waals surface area (Å²) in [5.41, 5.74) is 5.42. The monoisotopic (exact) mass is 242 g/mol. The highest BCUT2D eigenvalue weighted by molar-refractivity contribution is 5.81. The van der Waals surface area contributed by atoms with E-state index in [1.807, 2.05) is 0 Å². The number of nitrogens with one attached hydrogen (secondary N) is 1. The maximum Gasteiger partial charge on any atom is 0.239 e. The molecule has 1 amide bonds. The second-order valence-corrected chi connectivity index (χ2v) is 5.08. The van der Waals surface area contributed by atoms with Crippen LogP contribution in [-0.4, -0.2) is 30.2 Å². The molecular formula is C13H26N2O2. The van der Waals surface area contributed by atoms with E-state index in [0.717, 1.165) is 12.3 Å². The van der Waals surface area contributed by atoms with Gasteiger partial charge in [-0.3, -0.25) is 4.79 Å². The van der Waals surface area contributed by atoms with Crippen molar-refractivity contribution in [3.63, 3.8) is 0 Å². The third-order valence-corrected chi connectivity index (χ3v) is 3.61. The first-order valence-electron chi connectivity index (χ1n) is 6.88. The molecule has 0 aromatic heterocycles. The Morgan fingerprint density at radius 2 is 1.82 bits per heavy atom. The van der Waals surface area contributed by atoms with Crippen molar-refractivity contribution in [1.29, 1.82) is 0 Å². The summed E-state index contributed by atoms with van der Waals surface area (Å²) in [4.78, 5) is 11.3. The van der Waals surface area contributed by atoms with Crippen LogP contribution in [0.1, 0.15) is 51.4 Å². The van der Waals surface area contributed by atoms with Crippen molar-refractivity contribution in [2.75, 3.05) is 13.2 Å². The lowest BCUT2D eigenvalue weighted by Gasteiger charge is -2.20. The molecule has 1 saturated carbocycles. The molecule has 1 atom stereocenters. The summed E-state index contributed by atoms with van der Waals surface area (Å²) >= 11 is 0. The van der Waals surface area contributed by atoms with Gasteiger partial charge in [-0.25, -0.2) is 0 Å². The fraction of sp³-hybridized carbons (Fsp3) is 0.923. The Labute approximate surface area is 104 Å². The Hall–Kier alpha value is -0.610. The van der Waals surface area contributed by atoms with Crippen LogP contribution in [0.2, 0.25) is 0 Å². The molecule has 1 fully saturated rings. The zero-order valence-electron chi connectivity index (χ0n) is 10.7. The third-order valence-electron chi connectivity index (χ3n) is 3.61. The van der Waals surface area contributed by atoms with Gasteiger partial charge in [0.1, 0.15) is 6.04 Å². The highest BCUT2D eigenvalue weighted by atomic mass is 16.3. The van der Waals surface area contributed by atoms with Gasteiger partial charge < -0.3 is 16.2 Å². The van der Waals surface area contributed by atoms with Gasteiger partial charge in [-0.2, -0.15) is 0 Å². The van der Waals surface area contributed by atoms with Gasteiger partial charge in [0, 0.05) is 6.54 Å². The van der Waals surface area contributed by atoms with Gasteiger partial charge in [0.15, 0.2) is 0 Å². The molecule has 4 heteroatoms. The maximum atomic E-state index is 11.3. The summed E-state index contributed by atoms with van der Waals surface area (Å²) in [5, 5.41) is 11.5. The molecule has 0 aromatic rings. The van der Waals surface area contributed by atoms with Crippen LogP contribution in [0, 0.1) is 5.92 Å². The Morgan fingerprint density at radius 1 is 1.24 bits per heavy atom. The lowest BCUT2D eigenvalue weighted by Crippen LogP contribution is -2.43. The predicted molar refractivity (Wildman–Crippen MR) is 68.5 cm³/mol. The van der Waals surface area contributed by atoms with Crippen molar-refractivity contribution >= 4 is 5.91 Å². The Kier molecular flexibility index (Phi) is 7.21. The minimum atomic E-state index is -0.771. The molecule has 0 spiro atoms. The van der Waals surface area contributed by atoms with E-state index in [1.54, 1.807) is 0 Å². The van der Waals surface area contributed by atoms with E-state index in [2.05, 4.69) is 5.32 Å². The number of carbonyl (C=O) groups is 1. The second kappa shape index (κ2) is 8.48. The molecule has 1 rings (SSSR count). The summed E-state index contributed by atoms with van der Waals surface area (Å²) < 4.78 is 0. The Morgan fingerprint density at radius 3 is 2.41 bits per heavy atom. The van der Waals surface area contributed by atoms with Crippen molar-refractivity contribution in [1.82, 2.24) is 5.32 Å². The van der Waals surface area contributed by atoms with Crippen LogP contribution in [-0.2, 0) is 4.79 Å². The van der Waals surface area contributed by atoms with Crippen LogP contribution in [0.3, 0.4) is 0 Å². The quantitative estimate of drug-likeness (QED) is 0.677. The molecule has 1 aliphatic rings. The lowest BCUT2D eigenvalue weighted by atomic mass is 9.89. The van der Waals surface area contributed by atoms with Crippen LogP contribution in [0.15, 0.2) is 0 Å². The largest absolute Gasteiger partial charge is 0.394 e. The van der Waals surface area contributed by atoms with E-state index in [4.69, 9.17) is 10.8 Å². The zero-order chi connectivity index (χ0) is 12.5. The molecular weight excluding hydrogens is 216 g/mol. The number of carbonyl (C=O) groups excluding carboxylic acids is 1. The highest BCUT2D eigenvalue weighted by Crippen LogP contribution is 2.24. The molecule has 0 saturated heterocycles. The van der Waals surface area contributed by atoms with Crippen LogP contribution in [0.5, 0.6) is 0 Å². The zero-order valence-corrected chi connectivity index (χ0v) is 10.7. The van der Waals surface area contributed by atoms with E-state index < -0.39 is 6.04 Å². The summed E-state index contributed by atoms with van der Waals surface area (Å²) in [6, 6.07) is -0.771. The van der Waals surface area contributed by atoms with E-state index in [1.165, 1.54) is 44.9 Å². The number of aliphatic hydroxyl groups excluding tert-OH is 1. The van der Waals surface area contributed by atoms with Crippen LogP contribution >= 0.6 is 0 Å². The predicted octanol–water partition coefficient (Wildman–Crippen LogP) is 1.17. The van der Waals surface area contributed by atoms with Crippen molar-refractivity contribution in [2.45, 2.75) is 57.4 Å². The summed E-state index contributed by atoms with van der Waals surface area (Å²) in [5.74, 6) is 0.513. The second-order valence-electron chi connectivity index (χ2n) is 5.08. The van der Waals surface area contributed by atoms with E-state index in [0.29, 0.717) is 6.54 Å². The average molecular weight is 242 g/mol. The highest BCUT2D eigenvalue weighted by Gasteiger charge is 2.14. The SMILES string of the molecule is N[C@H](CO)C(=O)NCCC1CCCCCCC1. The van der Waals surface area contributed by atoms with Gasteiger partial charge in [-0.15, -0.1) is 0 Å².